The lowest BCUT2D eigenvalue weighted by Crippen LogP contribution is -2.49. The van der Waals surface area contributed by atoms with Gasteiger partial charge in [-0.2, -0.15) is 0 Å². The molecule has 5 heteroatoms. The summed E-state index contributed by atoms with van der Waals surface area (Å²) < 4.78 is 5.54. The smallest absolute Gasteiger partial charge is 0.206 e. The van der Waals surface area contributed by atoms with Crippen LogP contribution >= 0.6 is 0 Å². The van der Waals surface area contributed by atoms with E-state index in [0.29, 0.717) is 18.2 Å². The highest BCUT2D eigenvalue weighted by atomic mass is 16.5. The number of rotatable bonds is 2. The summed E-state index contributed by atoms with van der Waals surface area (Å²) in [6.07, 6.45) is 8.68. The Bertz CT molecular complexity index is 276. The van der Waals surface area contributed by atoms with Crippen molar-refractivity contribution in [2.45, 2.75) is 70.1 Å². The van der Waals surface area contributed by atoms with E-state index in [1.165, 1.54) is 32.1 Å². The van der Waals surface area contributed by atoms with Crippen molar-refractivity contribution in [1.82, 2.24) is 10.7 Å². The first-order valence-electron chi connectivity index (χ1n) is 7.20. The molecule has 2 fully saturated rings. The summed E-state index contributed by atoms with van der Waals surface area (Å²) in [7, 11) is 0. The van der Waals surface area contributed by atoms with Crippen molar-refractivity contribution >= 4 is 5.96 Å². The monoisotopic (exact) mass is 254 g/mol. The fraction of sp³-hybridized carbons (Fsp3) is 0.923. The lowest BCUT2D eigenvalue weighted by atomic mass is 9.96. The number of aliphatic imine (C=N–C) groups is 1. The summed E-state index contributed by atoms with van der Waals surface area (Å²) in [6, 6.07) is 0.863. The van der Waals surface area contributed by atoms with E-state index in [9.17, 15) is 0 Å². The first kappa shape index (κ1) is 13.6. The maximum absolute atomic E-state index is 5.57. The number of hydrogen-bond donors (Lipinski definition) is 3. The van der Waals surface area contributed by atoms with Crippen molar-refractivity contribution < 1.29 is 4.74 Å². The van der Waals surface area contributed by atoms with Crippen molar-refractivity contribution in [2.75, 3.05) is 6.61 Å². The minimum Gasteiger partial charge on any atom is -0.378 e. The molecule has 1 saturated heterocycles. The summed E-state index contributed by atoms with van der Waals surface area (Å²) in [4.78, 5) is 4.70. The molecule has 2 rings (SSSR count). The standard InChI is InChI=1S/C13H26N4O/c1-10-9-12(7-8-18-10)16-13(17-14)15-11-5-3-2-4-6-11/h10-12H,2-9,14H2,1H3,(H2,15,16,17). The van der Waals surface area contributed by atoms with Crippen LogP contribution in [0.5, 0.6) is 0 Å². The Morgan fingerprint density at radius 1 is 1.22 bits per heavy atom. The average Bonchev–Trinajstić information content (AvgIpc) is 2.39. The molecule has 0 bridgehead atoms. The van der Waals surface area contributed by atoms with E-state index in [1.54, 1.807) is 0 Å². The SMILES string of the molecule is CC1CC(NC(=NC2CCCCC2)NN)CCO1. The number of ether oxygens (including phenoxy) is 1. The van der Waals surface area contributed by atoms with Crippen LogP contribution in [-0.2, 0) is 4.74 Å². The maximum atomic E-state index is 5.57. The van der Waals surface area contributed by atoms with Gasteiger partial charge < -0.3 is 10.1 Å². The normalized spacial score (nSPS) is 31.1. The topological polar surface area (TPSA) is 71.7 Å². The van der Waals surface area contributed by atoms with Gasteiger partial charge in [0.1, 0.15) is 0 Å². The van der Waals surface area contributed by atoms with Crippen LogP contribution in [0.2, 0.25) is 0 Å². The van der Waals surface area contributed by atoms with Crippen LogP contribution in [0.3, 0.4) is 0 Å². The van der Waals surface area contributed by atoms with Crippen LogP contribution in [0.4, 0.5) is 0 Å². The van der Waals surface area contributed by atoms with Gasteiger partial charge in [-0.05, 0) is 32.6 Å². The molecule has 2 aliphatic rings. The second-order valence-electron chi connectivity index (χ2n) is 5.46. The van der Waals surface area contributed by atoms with Crippen molar-refractivity contribution in [3.05, 3.63) is 0 Å². The molecule has 18 heavy (non-hydrogen) atoms. The highest BCUT2D eigenvalue weighted by Crippen LogP contribution is 2.20. The minimum atomic E-state index is 0.324. The molecule has 1 aliphatic carbocycles. The van der Waals surface area contributed by atoms with E-state index in [1.807, 2.05) is 0 Å². The molecule has 0 radical (unpaired) electrons. The van der Waals surface area contributed by atoms with Crippen molar-refractivity contribution in [3.8, 4) is 0 Å². The molecule has 2 unspecified atom stereocenters. The average molecular weight is 254 g/mol. The second-order valence-corrected chi connectivity index (χ2v) is 5.46. The van der Waals surface area contributed by atoms with Crippen LogP contribution in [0.25, 0.3) is 0 Å². The highest BCUT2D eigenvalue weighted by molar-refractivity contribution is 5.79. The number of guanidine groups is 1. The highest BCUT2D eigenvalue weighted by Gasteiger charge is 2.20. The summed E-state index contributed by atoms with van der Waals surface area (Å²) in [5.74, 6) is 6.32. The van der Waals surface area contributed by atoms with Crippen molar-refractivity contribution in [1.29, 1.82) is 0 Å². The zero-order valence-corrected chi connectivity index (χ0v) is 11.3. The second kappa shape index (κ2) is 6.95. The van der Waals surface area contributed by atoms with Gasteiger partial charge in [0.05, 0.1) is 12.1 Å². The third-order valence-corrected chi connectivity index (χ3v) is 3.85. The largest absolute Gasteiger partial charge is 0.378 e. The Labute approximate surface area is 110 Å². The predicted molar refractivity (Wildman–Crippen MR) is 73.2 cm³/mol. The van der Waals surface area contributed by atoms with Gasteiger partial charge in [0.2, 0.25) is 5.96 Å². The van der Waals surface area contributed by atoms with Crippen LogP contribution < -0.4 is 16.6 Å². The molecule has 0 aromatic rings. The molecule has 0 aromatic heterocycles. The lowest BCUT2D eigenvalue weighted by Gasteiger charge is -2.29. The molecule has 4 N–H and O–H groups in total. The maximum Gasteiger partial charge on any atom is 0.206 e. The Kier molecular flexibility index (Phi) is 5.26. The minimum absolute atomic E-state index is 0.324. The fourth-order valence-electron chi connectivity index (χ4n) is 2.83. The van der Waals surface area contributed by atoms with Crippen LogP contribution in [0.1, 0.15) is 51.9 Å². The van der Waals surface area contributed by atoms with Gasteiger partial charge in [0.25, 0.3) is 0 Å². The first-order valence-corrected chi connectivity index (χ1v) is 7.20. The molecule has 5 nitrogen and oxygen atoms in total. The Hall–Kier alpha value is -0.810. The zero-order chi connectivity index (χ0) is 12.8. The molecule has 0 amide bonds. The third-order valence-electron chi connectivity index (χ3n) is 3.85. The summed E-state index contributed by atoms with van der Waals surface area (Å²) in [5.41, 5.74) is 2.71. The van der Waals surface area contributed by atoms with E-state index in [0.717, 1.165) is 25.4 Å². The van der Waals surface area contributed by atoms with Gasteiger partial charge in [-0.3, -0.25) is 5.43 Å². The van der Waals surface area contributed by atoms with Crippen molar-refractivity contribution in [2.24, 2.45) is 10.8 Å². The van der Waals surface area contributed by atoms with Crippen LogP contribution in [0, 0.1) is 0 Å². The number of hydrogen-bond acceptors (Lipinski definition) is 3. The first-order chi connectivity index (χ1) is 8.78. The molecule has 104 valence electrons. The van der Waals surface area contributed by atoms with Gasteiger partial charge in [0.15, 0.2) is 0 Å². The van der Waals surface area contributed by atoms with Gasteiger partial charge in [-0.15, -0.1) is 0 Å². The van der Waals surface area contributed by atoms with E-state index in [-0.39, 0.29) is 0 Å². The number of nitrogens with one attached hydrogen (secondary N) is 2. The third kappa shape index (κ3) is 4.14. The van der Waals surface area contributed by atoms with Crippen LogP contribution in [-0.4, -0.2) is 30.8 Å². The summed E-state index contributed by atoms with van der Waals surface area (Å²) in [5, 5.41) is 3.42. The number of nitrogens with zero attached hydrogens (tertiary/aromatic N) is 1. The van der Waals surface area contributed by atoms with Gasteiger partial charge in [0, 0.05) is 12.6 Å². The lowest BCUT2D eigenvalue weighted by molar-refractivity contribution is 0.0165. The van der Waals surface area contributed by atoms with E-state index in [2.05, 4.69) is 17.7 Å². The Balaban J connectivity index is 1.85. The molecule has 0 spiro atoms. The van der Waals surface area contributed by atoms with E-state index >= 15 is 0 Å². The van der Waals surface area contributed by atoms with E-state index < -0.39 is 0 Å². The molecule has 2 atom stereocenters. The molecule has 0 aromatic carbocycles. The summed E-state index contributed by atoms with van der Waals surface area (Å²) >= 11 is 0. The predicted octanol–water partition coefficient (Wildman–Crippen LogP) is 1.30. The molecular weight excluding hydrogens is 228 g/mol. The van der Waals surface area contributed by atoms with Gasteiger partial charge in [-0.1, -0.05) is 19.3 Å². The van der Waals surface area contributed by atoms with E-state index in [4.69, 9.17) is 15.6 Å². The zero-order valence-electron chi connectivity index (χ0n) is 11.3. The molecule has 1 saturated carbocycles. The molecule has 1 aliphatic heterocycles. The number of hydrazine groups is 1. The number of nitrogens with two attached hydrogens (primary N) is 1. The fourth-order valence-corrected chi connectivity index (χ4v) is 2.83. The Morgan fingerprint density at radius 3 is 2.67 bits per heavy atom. The molecular formula is C13H26N4O. The van der Waals surface area contributed by atoms with Crippen LogP contribution in [0.15, 0.2) is 4.99 Å². The molecule has 1 heterocycles. The van der Waals surface area contributed by atoms with Gasteiger partial charge in [-0.25, -0.2) is 10.8 Å². The van der Waals surface area contributed by atoms with Gasteiger partial charge >= 0.3 is 0 Å². The quantitative estimate of drug-likeness (QED) is 0.300. The summed E-state index contributed by atoms with van der Waals surface area (Å²) in [6.45, 7) is 2.93. The van der Waals surface area contributed by atoms with Crippen molar-refractivity contribution in [3.63, 3.8) is 0 Å². The Morgan fingerprint density at radius 2 is 2.00 bits per heavy atom.